The first-order valence-corrected chi connectivity index (χ1v) is 10.4. The summed E-state index contributed by atoms with van der Waals surface area (Å²) in [5.74, 6) is 1.24. The number of aryl methyl sites for hydroxylation is 2. The summed E-state index contributed by atoms with van der Waals surface area (Å²) >= 11 is 0. The molecule has 7 heteroatoms. The van der Waals surface area contributed by atoms with Gasteiger partial charge in [-0.2, -0.15) is 5.26 Å². The van der Waals surface area contributed by atoms with Crippen LogP contribution in [-0.2, 0) is 9.73 Å². The molecular weight excluding hydrogens is 360 g/mol. The normalized spacial score (nSPS) is 13.0. The molecule has 0 fully saturated rings. The van der Waals surface area contributed by atoms with E-state index in [1.807, 2.05) is 44.3 Å². The van der Waals surface area contributed by atoms with Gasteiger partial charge in [-0.15, -0.1) is 4.36 Å². The number of benzene rings is 2. The van der Waals surface area contributed by atoms with Crippen molar-refractivity contribution in [1.29, 1.82) is 5.26 Å². The average molecular weight is 385 g/mol. The molecule has 2 aromatic carbocycles. The van der Waals surface area contributed by atoms with Crippen molar-refractivity contribution in [2.24, 2.45) is 9.36 Å². The summed E-state index contributed by atoms with van der Waals surface area (Å²) in [6.45, 7) is 6.88. The van der Waals surface area contributed by atoms with Gasteiger partial charge in [-0.1, -0.05) is 6.07 Å². The molecule has 0 radical (unpaired) electrons. The SMILES string of the molecule is CCN(C)C=Nc1cc(C)c(Oc2cccc(S(C)(=O)=NC#N)c2)cc1C. The van der Waals surface area contributed by atoms with Gasteiger partial charge < -0.3 is 9.64 Å². The molecule has 142 valence electrons. The molecule has 0 aliphatic heterocycles. The fourth-order valence-electron chi connectivity index (χ4n) is 2.30. The second-order valence-electron chi connectivity index (χ2n) is 6.29. The predicted octanol–water partition coefficient (Wildman–Crippen LogP) is 4.65. The van der Waals surface area contributed by atoms with Gasteiger partial charge in [0.1, 0.15) is 11.5 Å². The molecule has 0 saturated carbocycles. The Bertz CT molecular complexity index is 1020. The monoisotopic (exact) mass is 384 g/mol. The molecule has 2 aromatic rings. The molecule has 0 saturated heterocycles. The van der Waals surface area contributed by atoms with Crippen LogP contribution < -0.4 is 4.74 Å². The molecule has 0 spiro atoms. The van der Waals surface area contributed by atoms with Crippen LogP contribution in [0.2, 0.25) is 0 Å². The average Bonchev–Trinajstić information content (AvgIpc) is 2.63. The lowest BCUT2D eigenvalue weighted by molar-refractivity contribution is 0.477. The van der Waals surface area contributed by atoms with Crippen molar-refractivity contribution < 1.29 is 8.95 Å². The molecule has 0 N–H and O–H groups in total. The third-order valence-electron chi connectivity index (χ3n) is 4.07. The molecule has 2 rings (SSSR count). The Balaban J connectivity index is 2.33. The Morgan fingerprint density at radius 1 is 1.26 bits per heavy atom. The van der Waals surface area contributed by atoms with E-state index < -0.39 is 9.73 Å². The maximum Gasteiger partial charge on any atom is 0.214 e. The lowest BCUT2D eigenvalue weighted by Gasteiger charge is -2.13. The van der Waals surface area contributed by atoms with Crippen molar-refractivity contribution >= 4 is 21.8 Å². The highest BCUT2D eigenvalue weighted by atomic mass is 32.2. The summed E-state index contributed by atoms with van der Waals surface area (Å²) in [6, 6.07) is 10.8. The molecule has 6 nitrogen and oxygen atoms in total. The van der Waals surface area contributed by atoms with Crippen LogP contribution in [0.15, 0.2) is 50.6 Å². The van der Waals surface area contributed by atoms with E-state index in [9.17, 15) is 4.21 Å². The third kappa shape index (κ3) is 5.31. The maximum atomic E-state index is 12.4. The molecular formula is C20H24N4O2S. The Morgan fingerprint density at radius 2 is 2.00 bits per heavy atom. The highest BCUT2D eigenvalue weighted by molar-refractivity contribution is 7.93. The van der Waals surface area contributed by atoms with E-state index in [0.717, 1.165) is 23.4 Å². The molecule has 0 aromatic heterocycles. The lowest BCUT2D eigenvalue weighted by Crippen LogP contribution is -2.14. The zero-order valence-electron chi connectivity index (χ0n) is 16.3. The summed E-state index contributed by atoms with van der Waals surface area (Å²) < 4.78 is 22.0. The minimum absolute atomic E-state index is 0.458. The minimum atomic E-state index is -2.76. The van der Waals surface area contributed by atoms with E-state index in [4.69, 9.17) is 10.00 Å². The first-order chi connectivity index (χ1) is 12.8. The summed E-state index contributed by atoms with van der Waals surface area (Å²) in [5, 5.41) is 8.71. The third-order valence-corrected chi connectivity index (χ3v) is 5.63. The summed E-state index contributed by atoms with van der Waals surface area (Å²) in [4.78, 5) is 6.97. The Labute approximate surface area is 161 Å². The van der Waals surface area contributed by atoms with E-state index in [1.165, 1.54) is 6.26 Å². The lowest BCUT2D eigenvalue weighted by atomic mass is 10.1. The number of hydrogen-bond acceptors (Lipinski definition) is 5. The van der Waals surface area contributed by atoms with Crippen LogP contribution in [0, 0.1) is 25.3 Å². The van der Waals surface area contributed by atoms with Crippen molar-refractivity contribution in [3.05, 3.63) is 47.5 Å². The molecule has 0 bridgehead atoms. The molecule has 27 heavy (non-hydrogen) atoms. The smallest absolute Gasteiger partial charge is 0.214 e. The summed E-state index contributed by atoms with van der Waals surface area (Å²) in [6.07, 6.45) is 4.86. The summed E-state index contributed by atoms with van der Waals surface area (Å²) in [7, 11) is -0.785. The van der Waals surface area contributed by atoms with Gasteiger partial charge in [-0.05, 0) is 62.2 Å². The van der Waals surface area contributed by atoms with Crippen LogP contribution in [0.5, 0.6) is 11.5 Å². The number of aliphatic imine (C=N–C) groups is 1. The van der Waals surface area contributed by atoms with Crippen LogP contribution in [0.3, 0.4) is 0 Å². The largest absolute Gasteiger partial charge is 0.457 e. The fourth-order valence-corrected chi connectivity index (χ4v) is 3.22. The van der Waals surface area contributed by atoms with E-state index in [2.05, 4.69) is 16.3 Å². The van der Waals surface area contributed by atoms with Crippen LogP contribution in [0.1, 0.15) is 18.1 Å². The van der Waals surface area contributed by atoms with Crippen molar-refractivity contribution in [2.75, 3.05) is 19.8 Å². The second-order valence-corrected chi connectivity index (χ2v) is 8.55. The maximum absolute atomic E-state index is 12.4. The van der Waals surface area contributed by atoms with Crippen molar-refractivity contribution in [2.45, 2.75) is 25.7 Å². The van der Waals surface area contributed by atoms with Crippen LogP contribution in [0.25, 0.3) is 0 Å². The van der Waals surface area contributed by atoms with Crippen molar-refractivity contribution in [1.82, 2.24) is 4.90 Å². The molecule has 0 heterocycles. The first kappa shape index (κ1) is 20.5. The number of nitrogens with zero attached hydrogens (tertiary/aromatic N) is 4. The van der Waals surface area contributed by atoms with Gasteiger partial charge in [0.05, 0.1) is 26.7 Å². The standard InChI is InChI=1S/C20H24N4O2S/c1-6-24(4)14-22-19-10-16(3)20(11-15(19)2)26-17-8-7-9-18(12-17)27(5,25)23-13-21/h7-12,14H,6H2,1-5H3. The quantitative estimate of drug-likeness (QED) is 0.413. The predicted molar refractivity (Wildman–Crippen MR) is 109 cm³/mol. The number of rotatable bonds is 6. The van der Waals surface area contributed by atoms with Crippen molar-refractivity contribution in [3.63, 3.8) is 0 Å². The van der Waals surface area contributed by atoms with Crippen LogP contribution in [-0.4, -0.2) is 35.3 Å². The van der Waals surface area contributed by atoms with Gasteiger partial charge in [0.15, 0.2) is 0 Å². The number of hydrogen-bond donors (Lipinski definition) is 0. The van der Waals surface area contributed by atoms with E-state index >= 15 is 0 Å². The van der Waals surface area contributed by atoms with Crippen LogP contribution in [0.4, 0.5) is 5.69 Å². The Kier molecular flexibility index (Phi) is 6.59. The fraction of sp³-hybridized carbons (Fsp3) is 0.300. The van der Waals surface area contributed by atoms with Crippen LogP contribution >= 0.6 is 0 Å². The van der Waals surface area contributed by atoms with Gasteiger partial charge >= 0.3 is 0 Å². The van der Waals surface area contributed by atoms with Gasteiger partial charge in [-0.25, -0.2) is 9.20 Å². The van der Waals surface area contributed by atoms with Crippen molar-refractivity contribution in [3.8, 4) is 17.7 Å². The molecule has 0 aliphatic rings. The first-order valence-electron chi connectivity index (χ1n) is 8.50. The van der Waals surface area contributed by atoms with E-state index in [0.29, 0.717) is 16.4 Å². The Hall–Kier alpha value is -2.85. The Morgan fingerprint density at radius 3 is 2.67 bits per heavy atom. The minimum Gasteiger partial charge on any atom is -0.457 e. The zero-order valence-corrected chi connectivity index (χ0v) is 17.1. The highest BCUT2D eigenvalue weighted by Crippen LogP contribution is 2.32. The zero-order chi connectivity index (χ0) is 20.0. The molecule has 0 amide bonds. The van der Waals surface area contributed by atoms with Gasteiger partial charge in [0.25, 0.3) is 0 Å². The second kappa shape index (κ2) is 8.69. The van der Waals surface area contributed by atoms with Gasteiger partial charge in [-0.3, -0.25) is 0 Å². The number of ether oxygens (including phenoxy) is 1. The van der Waals surface area contributed by atoms with Gasteiger partial charge in [0, 0.05) is 19.8 Å². The number of nitriles is 1. The topological polar surface area (TPSA) is 78.0 Å². The molecule has 1 atom stereocenters. The summed E-state index contributed by atoms with van der Waals surface area (Å²) in [5.41, 5.74) is 2.82. The van der Waals surface area contributed by atoms with Gasteiger partial charge in [0.2, 0.25) is 6.19 Å². The molecule has 1 unspecified atom stereocenters. The van der Waals surface area contributed by atoms with E-state index in [1.54, 1.807) is 30.5 Å². The van der Waals surface area contributed by atoms with E-state index in [-0.39, 0.29) is 0 Å². The highest BCUT2D eigenvalue weighted by Gasteiger charge is 2.10. The molecule has 0 aliphatic carbocycles.